The molecule has 0 aromatic heterocycles. The number of nitrogens with one attached hydrogen (secondary N) is 2. The van der Waals surface area contributed by atoms with E-state index in [1.807, 2.05) is 136 Å². The lowest BCUT2D eigenvalue weighted by atomic mass is 10.00. The molecule has 1 aliphatic rings. The smallest absolute Gasteiger partial charge is 0.0620 e. The van der Waals surface area contributed by atoms with Crippen molar-refractivity contribution in [1.29, 1.82) is 0 Å². The third kappa shape index (κ3) is 18.2. The summed E-state index contributed by atoms with van der Waals surface area (Å²) in [5.41, 5.74) is 22.1. The van der Waals surface area contributed by atoms with Crippen molar-refractivity contribution in [3.8, 4) is 22.3 Å². The number of rotatable bonds is 10. The van der Waals surface area contributed by atoms with Crippen molar-refractivity contribution in [2.45, 2.75) is 67.7 Å². The van der Waals surface area contributed by atoms with Gasteiger partial charge in [-0.15, -0.1) is 0 Å². The first-order valence-electron chi connectivity index (χ1n) is 22.3. The van der Waals surface area contributed by atoms with Crippen LogP contribution in [-0.2, 0) is 12.8 Å². The molecule has 7 aromatic carbocycles. The van der Waals surface area contributed by atoms with Gasteiger partial charge in [-0.3, -0.25) is 0 Å². The standard InChI is InChI=1S/C26H24N2.C14H13N.C8H10.C7H8.C3H8.C2H6/c1-3-8-26(25(4-2)27-23-9-6-5-7-10-23)28-24-15-13-19(14-16-24)20-11-12-21-18-22(21)17-20;1-2-11-5-3-4-6-14(11)12-7-9-13(15)10-8-12;1-2-8-6-4-3-5-7-8;1-7-5-3-2-4-6-7;1-3-2;1-2/h3-17,27-28H,2,18H2,1H3;2-10H,1,15H2;3-7H,2H2,1H3;2-6H,1H3;3H2,1-2H3;1-2H3/b8-3-,26-25-;;;;;. The van der Waals surface area contributed by atoms with E-state index < -0.39 is 0 Å². The molecule has 4 N–H and O–H groups in total. The van der Waals surface area contributed by atoms with Crippen LogP contribution in [0.4, 0.5) is 17.1 Å². The fourth-order valence-corrected chi connectivity index (χ4v) is 6.10. The second kappa shape index (κ2) is 29.2. The van der Waals surface area contributed by atoms with Crippen molar-refractivity contribution in [2.24, 2.45) is 0 Å². The van der Waals surface area contributed by atoms with Gasteiger partial charge in [0.05, 0.1) is 11.4 Å². The van der Waals surface area contributed by atoms with Crippen molar-refractivity contribution in [2.75, 3.05) is 16.4 Å². The van der Waals surface area contributed by atoms with Gasteiger partial charge in [0.1, 0.15) is 0 Å². The molecule has 0 atom stereocenters. The van der Waals surface area contributed by atoms with Crippen molar-refractivity contribution in [1.82, 2.24) is 0 Å². The minimum absolute atomic E-state index is 0.787. The monoisotopic (exact) mass is 832 g/mol. The van der Waals surface area contributed by atoms with Gasteiger partial charge in [-0.05, 0) is 120 Å². The van der Waals surface area contributed by atoms with Gasteiger partial charge in [-0.25, -0.2) is 0 Å². The van der Waals surface area contributed by atoms with Crippen LogP contribution in [0.25, 0.3) is 28.3 Å². The Morgan fingerprint density at radius 3 is 1.59 bits per heavy atom. The Labute approximate surface area is 380 Å². The molecule has 0 unspecified atom stereocenters. The first-order valence-corrected chi connectivity index (χ1v) is 22.3. The van der Waals surface area contributed by atoms with Gasteiger partial charge in [0.2, 0.25) is 0 Å². The third-order valence-electron chi connectivity index (χ3n) is 9.43. The summed E-state index contributed by atoms with van der Waals surface area (Å²) in [6, 6.07) is 62.2. The van der Waals surface area contributed by atoms with Crippen LogP contribution < -0.4 is 16.4 Å². The summed E-state index contributed by atoms with van der Waals surface area (Å²) in [6.07, 6.45) is 11.3. The molecular formula is C60H69N3. The van der Waals surface area contributed by atoms with Crippen LogP contribution >= 0.6 is 0 Å². The molecule has 0 fully saturated rings. The second-order valence-corrected chi connectivity index (χ2v) is 14.5. The molecule has 0 radical (unpaired) electrons. The van der Waals surface area contributed by atoms with Crippen LogP contribution in [0.1, 0.15) is 75.8 Å². The molecule has 7 aromatic rings. The molecule has 1 aliphatic carbocycles. The average molecular weight is 832 g/mol. The van der Waals surface area contributed by atoms with Crippen LogP contribution in [0.2, 0.25) is 0 Å². The van der Waals surface area contributed by atoms with E-state index in [1.54, 1.807) is 0 Å². The number of aryl methyl sites for hydroxylation is 2. The van der Waals surface area contributed by atoms with Crippen LogP contribution in [0.3, 0.4) is 0 Å². The van der Waals surface area contributed by atoms with Crippen LogP contribution in [-0.4, -0.2) is 0 Å². The van der Waals surface area contributed by atoms with E-state index in [2.05, 4.69) is 142 Å². The Kier molecular flexibility index (Phi) is 23.3. The Hall–Kier alpha value is -7.10. The number of hydrogen-bond acceptors (Lipinski definition) is 3. The molecule has 0 spiro atoms. The maximum absolute atomic E-state index is 5.66. The number of anilines is 3. The predicted octanol–water partition coefficient (Wildman–Crippen LogP) is 17.0. The summed E-state index contributed by atoms with van der Waals surface area (Å²) in [5, 5.41) is 6.94. The molecule has 324 valence electrons. The summed E-state index contributed by atoms with van der Waals surface area (Å²) in [5.74, 6) is 0. The van der Waals surface area contributed by atoms with Gasteiger partial charge in [0.25, 0.3) is 0 Å². The largest absolute Gasteiger partial charge is 0.399 e. The van der Waals surface area contributed by atoms with Gasteiger partial charge in [-0.1, -0.05) is 218 Å². The minimum atomic E-state index is 0.787. The zero-order valence-corrected chi connectivity index (χ0v) is 38.7. The topological polar surface area (TPSA) is 50.1 Å². The Morgan fingerprint density at radius 2 is 1.08 bits per heavy atom. The fraction of sp³-hybridized carbons (Fsp3) is 0.167. The second-order valence-electron chi connectivity index (χ2n) is 14.5. The molecule has 3 heteroatoms. The maximum Gasteiger partial charge on any atom is 0.0620 e. The maximum atomic E-state index is 5.66. The molecule has 0 heterocycles. The molecule has 0 bridgehead atoms. The highest BCUT2D eigenvalue weighted by Gasteiger charge is 2.16. The van der Waals surface area contributed by atoms with Crippen LogP contribution in [0, 0.1) is 6.92 Å². The zero-order chi connectivity index (χ0) is 45.7. The van der Waals surface area contributed by atoms with E-state index in [1.165, 1.54) is 50.9 Å². The quantitative estimate of drug-likeness (QED) is 0.0950. The lowest BCUT2D eigenvalue weighted by molar-refractivity contribution is 1.09. The van der Waals surface area contributed by atoms with E-state index in [0.29, 0.717) is 0 Å². The summed E-state index contributed by atoms with van der Waals surface area (Å²) in [4.78, 5) is 0. The number of para-hydroxylation sites is 1. The molecule has 63 heavy (non-hydrogen) atoms. The van der Waals surface area contributed by atoms with E-state index in [0.717, 1.165) is 46.9 Å². The highest BCUT2D eigenvalue weighted by Crippen LogP contribution is 2.33. The summed E-state index contributed by atoms with van der Waals surface area (Å²) in [6.45, 7) is 22.3. The molecule has 8 rings (SSSR count). The van der Waals surface area contributed by atoms with Crippen molar-refractivity contribution >= 4 is 23.1 Å². The first kappa shape index (κ1) is 50.3. The molecule has 0 saturated carbocycles. The highest BCUT2D eigenvalue weighted by atomic mass is 15.0. The first-order chi connectivity index (χ1) is 30.8. The Morgan fingerprint density at radius 1 is 0.571 bits per heavy atom. The van der Waals surface area contributed by atoms with Crippen molar-refractivity contribution < 1.29 is 0 Å². The molecule has 3 nitrogen and oxygen atoms in total. The average Bonchev–Trinajstić information content (AvgIpc) is 4.13. The predicted molar refractivity (Wildman–Crippen MR) is 281 cm³/mol. The molecule has 0 amide bonds. The van der Waals surface area contributed by atoms with Crippen molar-refractivity contribution in [3.63, 3.8) is 0 Å². The highest BCUT2D eigenvalue weighted by molar-refractivity contribution is 5.75. The van der Waals surface area contributed by atoms with Gasteiger partial charge in [-0.2, -0.15) is 0 Å². The van der Waals surface area contributed by atoms with E-state index in [9.17, 15) is 0 Å². The summed E-state index contributed by atoms with van der Waals surface area (Å²) < 4.78 is 0. The molecule has 0 aliphatic heterocycles. The van der Waals surface area contributed by atoms with Crippen LogP contribution in [0.15, 0.2) is 225 Å². The van der Waals surface area contributed by atoms with E-state index in [4.69, 9.17) is 5.73 Å². The SMILES string of the molecule is C=C/C(Nc1ccccc1)=C(\C=C/C)Nc1ccc(-c2ccc3c(c2)C3)cc1.C=Cc1ccccc1-c1ccc(N)cc1.CC.CCC.CCc1ccccc1.Cc1ccccc1. The minimum Gasteiger partial charge on any atom is -0.399 e. The van der Waals surface area contributed by atoms with Crippen molar-refractivity contribution in [3.05, 3.63) is 253 Å². The van der Waals surface area contributed by atoms with Gasteiger partial charge in [0.15, 0.2) is 0 Å². The number of benzene rings is 7. The number of hydrogen-bond donors (Lipinski definition) is 3. The summed E-state index contributed by atoms with van der Waals surface area (Å²) >= 11 is 0. The fourth-order valence-electron chi connectivity index (χ4n) is 6.10. The third-order valence-corrected chi connectivity index (χ3v) is 9.43. The molecular weight excluding hydrogens is 763 g/mol. The number of nitrogens with two attached hydrogens (primary N) is 1. The van der Waals surface area contributed by atoms with E-state index >= 15 is 0 Å². The number of allylic oxidation sites excluding steroid dienone is 3. The zero-order valence-electron chi connectivity index (χ0n) is 38.7. The number of nitrogen functional groups attached to an aromatic ring is 1. The van der Waals surface area contributed by atoms with E-state index in [-0.39, 0.29) is 0 Å². The lowest BCUT2D eigenvalue weighted by Gasteiger charge is -2.15. The molecule has 0 saturated heterocycles. The lowest BCUT2D eigenvalue weighted by Crippen LogP contribution is -2.07. The Bertz CT molecular complexity index is 2390. The number of fused-ring (bicyclic) bond motifs is 1. The van der Waals surface area contributed by atoms with Crippen LogP contribution in [0.5, 0.6) is 0 Å². The van der Waals surface area contributed by atoms with Gasteiger partial charge in [0, 0.05) is 17.1 Å². The normalized spacial score (nSPS) is 10.6. The van der Waals surface area contributed by atoms with Gasteiger partial charge >= 0.3 is 0 Å². The Balaban J connectivity index is 0.000000250. The summed E-state index contributed by atoms with van der Waals surface area (Å²) in [7, 11) is 0. The van der Waals surface area contributed by atoms with Gasteiger partial charge < -0.3 is 16.4 Å².